The summed E-state index contributed by atoms with van der Waals surface area (Å²) in [6.07, 6.45) is 1.65. The lowest BCUT2D eigenvalue weighted by atomic mass is 10.1. The molecule has 2 rings (SSSR count). The van der Waals surface area contributed by atoms with Crippen LogP contribution >= 0.6 is 0 Å². The first kappa shape index (κ1) is 18.9. The zero-order valence-electron chi connectivity index (χ0n) is 14.4. The molecule has 0 radical (unpaired) electrons. The van der Waals surface area contributed by atoms with Crippen LogP contribution in [-0.2, 0) is 21.1 Å². The number of hydrogen-bond donors (Lipinski definition) is 2. The van der Waals surface area contributed by atoms with Crippen molar-refractivity contribution in [3.05, 3.63) is 54.2 Å². The number of hydrogen-bond acceptors (Lipinski definition) is 5. The molecule has 0 bridgehead atoms. The molecule has 0 saturated carbocycles. The number of carbonyl (C=O) groups is 1. The molecule has 25 heavy (non-hydrogen) atoms. The van der Waals surface area contributed by atoms with E-state index in [0.29, 0.717) is 12.1 Å². The number of sulfone groups is 1. The number of benzene rings is 1. The van der Waals surface area contributed by atoms with Crippen LogP contribution in [-0.4, -0.2) is 35.3 Å². The molecule has 1 heterocycles. The van der Waals surface area contributed by atoms with E-state index in [1.54, 1.807) is 20.8 Å². The van der Waals surface area contributed by atoms with Gasteiger partial charge >= 0.3 is 5.97 Å². The Labute approximate surface area is 147 Å². The molecule has 0 aliphatic rings. The molecule has 0 aliphatic carbocycles. The number of carboxylic acid groups (broad SMARTS) is 1. The first-order valence-corrected chi connectivity index (χ1v) is 9.33. The minimum atomic E-state index is -3.54. The summed E-state index contributed by atoms with van der Waals surface area (Å²) in [5.41, 5.74) is 1.35. The molecule has 2 N–H and O–H groups in total. The van der Waals surface area contributed by atoms with Gasteiger partial charge in [-0.1, -0.05) is 30.3 Å². The van der Waals surface area contributed by atoms with E-state index in [1.165, 1.54) is 18.3 Å². The molecule has 0 spiro atoms. The second-order valence-corrected chi connectivity index (χ2v) is 9.38. The zero-order valence-corrected chi connectivity index (χ0v) is 15.2. The maximum absolute atomic E-state index is 12.4. The monoisotopic (exact) mass is 362 g/mol. The fourth-order valence-corrected chi connectivity index (χ4v) is 3.26. The zero-order chi connectivity index (χ0) is 18.7. The molecule has 2 aromatic rings. The quantitative estimate of drug-likeness (QED) is 0.820. The van der Waals surface area contributed by atoms with E-state index in [0.717, 1.165) is 5.56 Å². The van der Waals surface area contributed by atoms with Crippen molar-refractivity contribution >= 4 is 21.5 Å². The highest BCUT2D eigenvalue weighted by molar-refractivity contribution is 7.92. The molecule has 0 unspecified atom stereocenters. The van der Waals surface area contributed by atoms with Gasteiger partial charge in [0.05, 0.1) is 16.6 Å². The molecule has 7 heteroatoms. The lowest BCUT2D eigenvalue weighted by Gasteiger charge is -2.19. The van der Waals surface area contributed by atoms with Gasteiger partial charge in [-0.05, 0) is 38.5 Å². The number of nitrogens with one attached hydrogen (secondary N) is 1. The van der Waals surface area contributed by atoms with Gasteiger partial charge in [-0.25, -0.2) is 18.2 Å². The van der Waals surface area contributed by atoms with Crippen LogP contribution in [0.15, 0.2) is 53.7 Å². The number of carboxylic acids is 1. The molecule has 6 nitrogen and oxygen atoms in total. The lowest BCUT2D eigenvalue weighted by molar-refractivity contribution is -0.137. The second kappa shape index (κ2) is 7.23. The summed E-state index contributed by atoms with van der Waals surface area (Å²) in [5.74, 6) is -0.991. The topological polar surface area (TPSA) is 96.4 Å². The number of anilines is 1. The van der Waals surface area contributed by atoms with Gasteiger partial charge in [-0.3, -0.25) is 0 Å². The molecular formula is C18H22N2O4S. The number of rotatable bonds is 6. The van der Waals surface area contributed by atoms with Crippen LogP contribution < -0.4 is 5.32 Å². The Balaban J connectivity index is 2.17. The van der Waals surface area contributed by atoms with Crippen LogP contribution in [0.4, 0.5) is 5.69 Å². The van der Waals surface area contributed by atoms with Crippen LogP contribution in [0.3, 0.4) is 0 Å². The third-order valence-electron chi connectivity index (χ3n) is 3.74. The summed E-state index contributed by atoms with van der Waals surface area (Å²) in [6, 6.07) is 11.4. The van der Waals surface area contributed by atoms with Gasteiger partial charge in [-0.15, -0.1) is 0 Å². The van der Waals surface area contributed by atoms with E-state index in [9.17, 15) is 18.3 Å². The van der Waals surface area contributed by atoms with Crippen LogP contribution in [0.2, 0.25) is 0 Å². The SMILES string of the molecule is CC(C)(C)S(=O)(=O)c1ccc(N[C@@H](Cc2ccccc2)C(=O)O)cn1. The lowest BCUT2D eigenvalue weighted by Crippen LogP contribution is -2.32. The van der Waals surface area contributed by atoms with E-state index < -0.39 is 26.6 Å². The summed E-state index contributed by atoms with van der Waals surface area (Å²) < 4.78 is 23.8. The summed E-state index contributed by atoms with van der Waals surface area (Å²) in [4.78, 5) is 15.5. The van der Waals surface area contributed by atoms with Crippen molar-refractivity contribution in [2.75, 3.05) is 5.32 Å². The number of aromatic nitrogens is 1. The minimum Gasteiger partial charge on any atom is -0.480 e. The van der Waals surface area contributed by atoms with Crippen molar-refractivity contribution in [1.29, 1.82) is 0 Å². The summed E-state index contributed by atoms with van der Waals surface area (Å²) in [6.45, 7) is 4.82. The van der Waals surface area contributed by atoms with Gasteiger partial charge < -0.3 is 10.4 Å². The maximum atomic E-state index is 12.4. The largest absolute Gasteiger partial charge is 0.480 e. The molecule has 1 aromatic carbocycles. The van der Waals surface area contributed by atoms with Gasteiger partial charge in [0.2, 0.25) is 0 Å². The second-order valence-electron chi connectivity index (χ2n) is 6.73. The van der Waals surface area contributed by atoms with E-state index in [1.807, 2.05) is 30.3 Å². The van der Waals surface area contributed by atoms with Crippen molar-refractivity contribution in [1.82, 2.24) is 4.98 Å². The van der Waals surface area contributed by atoms with Crippen LogP contribution in [0.1, 0.15) is 26.3 Å². The van der Waals surface area contributed by atoms with Crippen LogP contribution in [0, 0.1) is 0 Å². The Morgan fingerprint density at radius 3 is 2.28 bits per heavy atom. The molecule has 0 saturated heterocycles. The van der Waals surface area contributed by atoms with Gasteiger partial charge in [0.25, 0.3) is 0 Å². The van der Waals surface area contributed by atoms with Crippen molar-refractivity contribution in [3.63, 3.8) is 0 Å². The summed E-state index contributed by atoms with van der Waals surface area (Å²) in [7, 11) is -3.54. The van der Waals surface area contributed by atoms with E-state index in [-0.39, 0.29) is 5.03 Å². The van der Waals surface area contributed by atoms with Crippen LogP contribution in [0.25, 0.3) is 0 Å². The van der Waals surface area contributed by atoms with Crippen molar-refractivity contribution in [2.24, 2.45) is 0 Å². The molecular weight excluding hydrogens is 340 g/mol. The number of nitrogens with zero attached hydrogens (tertiary/aromatic N) is 1. The minimum absolute atomic E-state index is 0.0273. The van der Waals surface area contributed by atoms with Gasteiger partial charge in [0, 0.05) is 6.42 Å². The van der Waals surface area contributed by atoms with E-state index >= 15 is 0 Å². The Morgan fingerprint density at radius 1 is 1.16 bits per heavy atom. The third-order valence-corrected chi connectivity index (χ3v) is 6.14. The van der Waals surface area contributed by atoms with Crippen molar-refractivity contribution in [2.45, 2.75) is 43.0 Å². The molecule has 0 fully saturated rings. The molecule has 0 amide bonds. The number of pyridine rings is 1. The molecule has 0 aliphatic heterocycles. The fourth-order valence-electron chi connectivity index (χ4n) is 2.19. The fraction of sp³-hybridized carbons (Fsp3) is 0.333. The van der Waals surface area contributed by atoms with Gasteiger partial charge in [-0.2, -0.15) is 0 Å². The molecule has 1 aromatic heterocycles. The van der Waals surface area contributed by atoms with Gasteiger partial charge in [0.15, 0.2) is 14.9 Å². The molecule has 134 valence electrons. The first-order valence-electron chi connectivity index (χ1n) is 7.85. The smallest absolute Gasteiger partial charge is 0.326 e. The standard InChI is InChI=1S/C18H22N2O4S/c1-18(2,3)25(23,24)16-10-9-14(12-19-16)20-15(17(21)22)11-13-7-5-4-6-8-13/h4-10,12,15,20H,11H2,1-3H3,(H,21,22)/t15-/m0/s1. The highest BCUT2D eigenvalue weighted by Crippen LogP contribution is 2.24. The summed E-state index contributed by atoms with van der Waals surface area (Å²) >= 11 is 0. The average molecular weight is 362 g/mol. The van der Waals surface area contributed by atoms with Crippen LogP contribution in [0.5, 0.6) is 0 Å². The highest BCUT2D eigenvalue weighted by Gasteiger charge is 2.32. The Kier molecular flexibility index (Phi) is 5.47. The van der Waals surface area contributed by atoms with E-state index in [4.69, 9.17) is 0 Å². The Bertz CT molecular complexity index is 826. The molecule has 1 atom stereocenters. The Morgan fingerprint density at radius 2 is 1.80 bits per heavy atom. The Hall–Kier alpha value is -2.41. The normalized spacial score (nSPS) is 13.2. The first-order chi connectivity index (χ1) is 11.6. The maximum Gasteiger partial charge on any atom is 0.326 e. The van der Waals surface area contributed by atoms with E-state index in [2.05, 4.69) is 10.3 Å². The van der Waals surface area contributed by atoms with Crippen molar-refractivity contribution in [3.8, 4) is 0 Å². The summed E-state index contributed by atoms with van der Waals surface area (Å²) in [5, 5.41) is 12.3. The third kappa shape index (κ3) is 4.57. The average Bonchev–Trinajstić information content (AvgIpc) is 2.54. The highest BCUT2D eigenvalue weighted by atomic mass is 32.2. The van der Waals surface area contributed by atoms with Gasteiger partial charge in [0.1, 0.15) is 6.04 Å². The predicted octanol–water partition coefficient (Wildman–Crippen LogP) is 2.76. The number of aliphatic carboxylic acids is 1. The predicted molar refractivity (Wildman–Crippen MR) is 96.4 cm³/mol. The van der Waals surface area contributed by atoms with Crippen molar-refractivity contribution < 1.29 is 18.3 Å².